The Hall–Kier alpha value is -2.61. The summed E-state index contributed by atoms with van der Waals surface area (Å²) in [5.41, 5.74) is 1.66. The van der Waals surface area contributed by atoms with Crippen LogP contribution in [-0.2, 0) is 9.84 Å². The first-order chi connectivity index (χ1) is 11.4. The minimum absolute atomic E-state index is 0.107. The van der Waals surface area contributed by atoms with E-state index < -0.39 is 9.84 Å². The van der Waals surface area contributed by atoms with Crippen LogP contribution in [0.25, 0.3) is 11.3 Å². The summed E-state index contributed by atoms with van der Waals surface area (Å²) in [6.45, 7) is 2.53. The van der Waals surface area contributed by atoms with Gasteiger partial charge in [0.1, 0.15) is 11.4 Å². The van der Waals surface area contributed by atoms with Crippen molar-refractivity contribution in [3.63, 3.8) is 0 Å². The summed E-state index contributed by atoms with van der Waals surface area (Å²) < 4.78 is 27.5. The molecule has 0 saturated carbocycles. The Morgan fingerprint density at radius 2 is 2.12 bits per heavy atom. The lowest BCUT2D eigenvalue weighted by molar-refractivity contribution is 0.0953. The number of aromatic amines is 1. The molecule has 7 nitrogen and oxygen atoms in total. The maximum atomic E-state index is 12.0. The number of sulfone groups is 1. The van der Waals surface area contributed by atoms with Crippen LogP contribution in [0.3, 0.4) is 0 Å². The second-order valence-corrected chi connectivity index (χ2v) is 6.94. The summed E-state index contributed by atoms with van der Waals surface area (Å²) in [6.07, 6.45) is 2.46. The van der Waals surface area contributed by atoms with Crippen LogP contribution in [0.15, 0.2) is 41.8 Å². The van der Waals surface area contributed by atoms with E-state index in [1.165, 1.54) is 6.08 Å². The lowest BCUT2D eigenvalue weighted by atomic mass is 10.1. The van der Waals surface area contributed by atoms with Crippen LogP contribution < -0.4 is 10.1 Å². The third kappa shape index (κ3) is 4.95. The summed E-state index contributed by atoms with van der Waals surface area (Å²) in [5.74, 6) is 0.315. The van der Waals surface area contributed by atoms with Gasteiger partial charge in [-0.05, 0) is 25.1 Å². The SMILES string of the molecule is CCOc1ccccc1-c1cc(C(=O)NC/C=C/S(C)(=O)=O)[nH]n1. The highest BCUT2D eigenvalue weighted by Crippen LogP contribution is 2.28. The average Bonchev–Trinajstić information content (AvgIpc) is 3.01. The van der Waals surface area contributed by atoms with E-state index in [9.17, 15) is 13.2 Å². The molecule has 1 aromatic heterocycles. The number of aromatic nitrogens is 2. The van der Waals surface area contributed by atoms with Crippen LogP contribution in [0.2, 0.25) is 0 Å². The molecular formula is C16H19N3O4S. The van der Waals surface area contributed by atoms with Crippen molar-refractivity contribution in [1.82, 2.24) is 15.5 Å². The molecule has 1 amide bonds. The van der Waals surface area contributed by atoms with Crippen molar-refractivity contribution in [2.75, 3.05) is 19.4 Å². The molecule has 0 aliphatic rings. The van der Waals surface area contributed by atoms with E-state index in [0.717, 1.165) is 17.2 Å². The molecule has 0 unspecified atom stereocenters. The second-order valence-electron chi connectivity index (χ2n) is 5.01. The molecule has 0 saturated heterocycles. The maximum Gasteiger partial charge on any atom is 0.269 e. The number of H-pyrrole nitrogens is 1. The minimum atomic E-state index is -3.19. The average molecular weight is 349 g/mol. The monoisotopic (exact) mass is 349 g/mol. The van der Waals surface area contributed by atoms with Crippen molar-refractivity contribution in [2.24, 2.45) is 0 Å². The molecule has 2 aromatic rings. The first-order valence-corrected chi connectivity index (χ1v) is 9.28. The van der Waals surface area contributed by atoms with Crippen molar-refractivity contribution in [3.05, 3.63) is 47.5 Å². The predicted molar refractivity (Wildman–Crippen MR) is 91.5 cm³/mol. The molecule has 1 aromatic carbocycles. The zero-order valence-electron chi connectivity index (χ0n) is 13.4. The highest BCUT2D eigenvalue weighted by Gasteiger charge is 2.13. The van der Waals surface area contributed by atoms with Crippen LogP contribution in [0, 0.1) is 0 Å². The number of hydrogen-bond donors (Lipinski definition) is 2. The summed E-state index contributed by atoms with van der Waals surface area (Å²) in [5, 5.41) is 10.4. The number of amides is 1. The van der Waals surface area contributed by atoms with Gasteiger partial charge in [0.25, 0.3) is 5.91 Å². The molecular weight excluding hydrogens is 330 g/mol. The molecule has 128 valence electrons. The fourth-order valence-corrected chi connectivity index (χ4v) is 2.45. The summed E-state index contributed by atoms with van der Waals surface area (Å²) in [6, 6.07) is 9.04. The lowest BCUT2D eigenvalue weighted by Gasteiger charge is -2.07. The number of carbonyl (C=O) groups excluding carboxylic acids is 1. The van der Waals surface area contributed by atoms with E-state index in [0.29, 0.717) is 18.1 Å². The van der Waals surface area contributed by atoms with E-state index in [4.69, 9.17) is 4.74 Å². The predicted octanol–water partition coefficient (Wildman–Crippen LogP) is 1.76. The largest absolute Gasteiger partial charge is 0.493 e. The molecule has 1 heterocycles. The van der Waals surface area contributed by atoms with Gasteiger partial charge in [-0.2, -0.15) is 5.10 Å². The van der Waals surface area contributed by atoms with Gasteiger partial charge < -0.3 is 10.1 Å². The van der Waals surface area contributed by atoms with Crippen molar-refractivity contribution in [1.29, 1.82) is 0 Å². The number of ether oxygens (including phenoxy) is 1. The van der Waals surface area contributed by atoms with Gasteiger partial charge in [-0.25, -0.2) is 8.42 Å². The highest BCUT2D eigenvalue weighted by molar-refractivity contribution is 7.93. The van der Waals surface area contributed by atoms with E-state index in [1.807, 2.05) is 31.2 Å². The number of benzene rings is 1. The van der Waals surface area contributed by atoms with Crippen LogP contribution in [-0.4, -0.2) is 43.9 Å². The smallest absolute Gasteiger partial charge is 0.269 e. The summed E-state index contributed by atoms with van der Waals surface area (Å²) >= 11 is 0. The molecule has 2 rings (SSSR count). The molecule has 0 fully saturated rings. The van der Waals surface area contributed by atoms with E-state index >= 15 is 0 Å². The number of hydrogen-bond acceptors (Lipinski definition) is 5. The number of carbonyl (C=O) groups is 1. The maximum absolute atomic E-state index is 12.0. The normalized spacial score (nSPS) is 11.6. The molecule has 0 atom stereocenters. The van der Waals surface area contributed by atoms with Crippen molar-refractivity contribution in [3.8, 4) is 17.0 Å². The first-order valence-electron chi connectivity index (χ1n) is 7.33. The van der Waals surface area contributed by atoms with Gasteiger partial charge in [0.15, 0.2) is 9.84 Å². The third-order valence-corrected chi connectivity index (χ3v) is 3.70. The molecule has 0 aliphatic heterocycles. The Kier molecular flexibility index (Phi) is 5.75. The fraction of sp³-hybridized carbons (Fsp3) is 0.250. The second kappa shape index (κ2) is 7.78. The molecule has 0 bridgehead atoms. The zero-order valence-corrected chi connectivity index (χ0v) is 14.3. The Morgan fingerprint density at radius 3 is 2.83 bits per heavy atom. The van der Waals surface area contributed by atoms with Gasteiger partial charge in [-0.15, -0.1) is 0 Å². The Bertz CT molecular complexity index is 841. The van der Waals surface area contributed by atoms with Crippen LogP contribution in [0.5, 0.6) is 5.75 Å². The van der Waals surface area contributed by atoms with Crippen molar-refractivity contribution >= 4 is 15.7 Å². The van der Waals surface area contributed by atoms with E-state index in [1.54, 1.807) is 6.07 Å². The number of nitrogens with zero attached hydrogens (tertiary/aromatic N) is 1. The Balaban J connectivity index is 2.08. The Labute approximate surface area is 140 Å². The van der Waals surface area contributed by atoms with Gasteiger partial charge in [-0.3, -0.25) is 9.89 Å². The summed E-state index contributed by atoms with van der Waals surface area (Å²) in [4.78, 5) is 12.0. The standard InChI is InChI=1S/C16H19N3O4S/c1-3-23-15-8-5-4-7-12(15)13-11-14(19-18-13)16(20)17-9-6-10-24(2,21)22/h4-8,10-11H,3,9H2,1-2H3,(H,17,20)(H,18,19)/b10-6+. The zero-order chi connectivity index (χ0) is 17.6. The first kappa shape index (κ1) is 17.7. The number of para-hydroxylation sites is 1. The molecule has 0 aliphatic carbocycles. The van der Waals surface area contributed by atoms with Gasteiger partial charge in [-0.1, -0.05) is 18.2 Å². The lowest BCUT2D eigenvalue weighted by Crippen LogP contribution is -2.23. The van der Waals surface area contributed by atoms with E-state index in [2.05, 4.69) is 15.5 Å². The van der Waals surface area contributed by atoms with Gasteiger partial charge >= 0.3 is 0 Å². The van der Waals surface area contributed by atoms with Crippen molar-refractivity contribution in [2.45, 2.75) is 6.92 Å². The molecule has 8 heteroatoms. The number of nitrogens with one attached hydrogen (secondary N) is 2. The van der Waals surface area contributed by atoms with Crippen LogP contribution >= 0.6 is 0 Å². The molecule has 2 N–H and O–H groups in total. The van der Waals surface area contributed by atoms with Gasteiger partial charge in [0, 0.05) is 23.8 Å². The van der Waals surface area contributed by atoms with Crippen LogP contribution in [0.1, 0.15) is 17.4 Å². The summed E-state index contributed by atoms with van der Waals surface area (Å²) in [7, 11) is -3.19. The van der Waals surface area contributed by atoms with Crippen LogP contribution in [0.4, 0.5) is 0 Å². The molecule has 24 heavy (non-hydrogen) atoms. The fourth-order valence-electron chi connectivity index (χ4n) is 2.01. The Morgan fingerprint density at radius 1 is 1.38 bits per heavy atom. The minimum Gasteiger partial charge on any atom is -0.493 e. The van der Waals surface area contributed by atoms with E-state index in [-0.39, 0.29) is 18.1 Å². The topological polar surface area (TPSA) is 101 Å². The third-order valence-electron chi connectivity index (χ3n) is 3.01. The molecule has 0 radical (unpaired) electrons. The van der Waals surface area contributed by atoms with Gasteiger partial charge in [0.2, 0.25) is 0 Å². The molecule has 0 spiro atoms. The van der Waals surface area contributed by atoms with Crippen molar-refractivity contribution < 1.29 is 17.9 Å². The quantitative estimate of drug-likeness (QED) is 0.793. The number of rotatable bonds is 7. The van der Waals surface area contributed by atoms with Gasteiger partial charge in [0.05, 0.1) is 12.3 Å². The highest BCUT2D eigenvalue weighted by atomic mass is 32.2.